The van der Waals surface area contributed by atoms with Gasteiger partial charge < -0.3 is 20.3 Å². The van der Waals surface area contributed by atoms with Crippen LogP contribution in [0, 0.1) is 19.3 Å². The Bertz CT molecular complexity index is 1640. The molecule has 0 saturated carbocycles. The number of nitrogens with one attached hydrogen (secondary N) is 1. The van der Waals surface area contributed by atoms with E-state index in [-0.39, 0.29) is 0 Å². The molecule has 1 aromatic carbocycles. The van der Waals surface area contributed by atoms with Crippen LogP contribution in [0.2, 0.25) is 0 Å². The fraction of sp³-hybridized carbons (Fsp3) is 0.320. The van der Waals surface area contributed by atoms with E-state index in [0.717, 1.165) is 69.4 Å². The second kappa shape index (κ2) is 7.58. The summed E-state index contributed by atoms with van der Waals surface area (Å²) in [6.07, 6.45) is 3.54. The van der Waals surface area contributed by atoms with Crippen molar-refractivity contribution < 1.29 is 4.74 Å². The van der Waals surface area contributed by atoms with Gasteiger partial charge in [0, 0.05) is 48.7 Å². The van der Waals surface area contributed by atoms with Gasteiger partial charge in [-0.2, -0.15) is 10.1 Å². The van der Waals surface area contributed by atoms with Crippen molar-refractivity contribution in [3.8, 4) is 22.2 Å². The van der Waals surface area contributed by atoms with Gasteiger partial charge in [0.2, 0.25) is 5.88 Å². The summed E-state index contributed by atoms with van der Waals surface area (Å²) in [5.74, 6) is 2.35. The molecule has 2 saturated heterocycles. The maximum absolute atomic E-state index is 6.58. The van der Waals surface area contributed by atoms with Crippen LogP contribution < -0.4 is 15.4 Å². The van der Waals surface area contributed by atoms with E-state index in [1.54, 1.807) is 12.4 Å². The van der Waals surface area contributed by atoms with Gasteiger partial charge in [-0.1, -0.05) is 17.4 Å². The second-order valence-corrected chi connectivity index (χ2v) is 11.2. The van der Waals surface area contributed by atoms with Crippen molar-refractivity contribution in [3.05, 3.63) is 41.2 Å². The zero-order valence-corrected chi connectivity index (χ0v) is 21.1. The first-order valence-electron chi connectivity index (χ1n) is 11.8. The summed E-state index contributed by atoms with van der Waals surface area (Å²) in [5.41, 5.74) is 9.56. The standard InChI is InChI=1S/C25H25N9OS/c1-13-4-5-18-17(8-28-31-18)21(13)35-23-20-15(16(7-27-22(20)26)24-32-30-14(2)36-24)6-19(29-23)34-11-25(12-34)9-33(3)10-25/h4-8H,9-12H2,1-3H3,(H2,26,27)(H,28,31). The molecule has 0 aliphatic carbocycles. The summed E-state index contributed by atoms with van der Waals surface area (Å²) in [7, 11) is 2.17. The van der Waals surface area contributed by atoms with Crippen LogP contribution in [0.1, 0.15) is 10.6 Å². The molecule has 4 aromatic heterocycles. The highest BCUT2D eigenvalue weighted by atomic mass is 32.1. The number of anilines is 2. The largest absolute Gasteiger partial charge is 0.437 e. The Hall–Kier alpha value is -3.83. The summed E-state index contributed by atoms with van der Waals surface area (Å²) < 4.78 is 6.58. The third kappa shape index (κ3) is 3.23. The Morgan fingerprint density at radius 2 is 1.92 bits per heavy atom. The molecule has 182 valence electrons. The minimum Gasteiger partial charge on any atom is -0.437 e. The molecule has 6 heterocycles. The number of rotatable bonds is 4. The first kappa shape index (κ1) is 21.5. The minimum absolute atomic E-state index is 0.363. The van der Waals surface area contributed by atoms with Gasteiger partial charge in [0.25, 0.3) is 0 Å². The van der Waals surface area contributed by atoms with Crippen LogP contribution in [0.25, 0.3) is 32.2 Å². The fourth-order valence-electron chi connectivity index (χ4n) is 5.61. The van der Waals surface area contributed by atoms with E-state index in [0.29, 0.717) is 28.2 Å². The molecule has 3 N–H and O–H groups in total. The molecule has 7 rings (SSSR count). The number of aryl methyl sites for hydroxylation is 2. The molecule has 0 bridgehead atoms. The van der Waals surface area contributed by atoms with Gasteiger partial charge in [-0.3, -0.25) is 5.10 Å². The summed E-state index contributed by atoms with van der Waals surface area (Å²) in [6.45, 7) is 8.14. The number of hydrogen-bond acceptors (Lipinski definition) is 10. The van der Waals surface area contributed by atoms with Gasteiger partial charge in [-0.25, -0.2) is 4.98 Å². The van der Waals surface area contributed by atoms with E-state index in [1.807, 2.05) is 26.0 Å². The number of pyridine rings is 2. The predicted octanol–water partition coefficient (Wildman–Crippen LogP) is 3.77. The normalized spacial score (nSPS) is 17.0. The van der Waals surface area contributed by atoms with E-state index in [2.05, 4.69) is 48.3 Å². The maximum atomic E-state index is 6.58. The maximum Gasteiger partial charge on any atom is 0.232 e. The molecule has 0 amide bonds. The van der Waals surface area contributed by atoms with E-state index in [4.69, 9.17) is 15.5 Å². The van der Waals surface area contributed by atoms with E-state index >= 15 is 0 Å². The minimum atomic E-state index is 0.363. The molecule has 5 aromatic rings. The average Bonchev–Trinajstić information content (AvgIpc) is 3.46. The van der Waals surface area contributed by atoms with E-state index in [1.165, 1.54) is 11.3 Å². The van der Waals surface area contributed by atoms with Crippen LogP contribution in [-0.2, 0) is 0 Å². The fourth-order valence-corrected chi connectivity index (χ4v) is 6.32. The molecule has 0 unspecified atom stereocenters. The number of nitrogens with two attached hydrogens (primary N) is 1. The Labute approximate surface area is 211 Å². The molecule has 2 aliphatic rings. The number of benzene rings is 1. The van der Waals surface area contributed by atoms with Gasteiger partial charge >= 0.3 is 0 Å². The Kier molecular flexibility index (Phi) is 4.52. The van der Waals surface area contributed by atoms with Crippen LogP contribution in [0.15, 0.2) is 30.6 Å². The molecule has 1 spiro atoms. The molecule has 11 heteroatoms. The Morgan fingerprint density at radius 3 is 2.67 bits per heavy atom. The molecule has 0 atom stereocenters. The third-order valence-electron chi connectivity index (χ3n) is 7.17. The van der Waals surface area contributed by atoms with Crippen molar-refractivity contribution in [2.45, 2.75) is 13.8 Å². The topological polar surface area (TPSA) is 122 Å². The monoisotopic (exact) mass is 499 g/mol. The van der Waals surface area contributed by atoms with Crippen molar-refractivity contribution in [1.82, 2.24) is 35.3 Å². The number of nitrogen functional groups attached to an aromatic ring is 1. The number of hydrogen-bond donors (Lipinski definition) is 2. The van der Waals surface area contributed by atoms with Crippen LogP contribution in [0.3, 0.4) is 0 Å². The van der Waals surface area contributed by atoms with Gasteiger partial charge in [-0.15, -0.1) is 10.2 Å². The van der Waals surface area contributed by atoms with Crippen LogP contribution in [-0.4, -0.2) is 68.5 Å². The highest BCUT2D eigenvalue weighted by molar-refractivity contribution is 7.14. The van der Waals surface area contributed by atoms with E-state index < -0.39 is 0 Å². The highest BCUT2D eigenvalue weighted by Gasteiger charge is 2.50. The number of aromatic nitrogens is 6. The van der Waals surface area contributed by atoms with Gasteiger partial charge in [0.05, 0.1) is 22.5 Å². The van der Waals surface area contributed by atoms with Crippen molar-refractivity contribution in [1.29, 1.82) is 0 Å². The predicted molar refractivity (Wildman–Crippen MR) is 141 cm³/mol. The lowest BCUT2D eigenvalue weighted by molar-refractivity contribution is -0.00281. The molecule has 2 aliphatic heterocycles. The average molecular weight is 500 g/mol. The van der Waals surface area contributed by atoms with Gasteiger partial charge in [0.1, 0.15) is 27.4 Å². The molecule has 2 fully saturated rings. The van der Waals surface area contributed by atoms with E-state index in [9.17, 15) is 0 Å². The van der Waals surface area contributed by atoms with Crippen molar-refractivity contribution in [2.75, 3.05) is 43.9 Å². The summed E-state index contributed by atoms with van der Waals surface area (Å²) in [4.78, 5) is 14.2. The van der Waals surface area contributed by atoms with Crippen LogP contribution in [0.5, 0.6) is 11.6 Å². The Balaban J connectivity index is 1.41. The zero-order chi connectivity index (χ0) is 24.6. The molecule has 0 radical (unpaired) electrons. The lowest BCUT2D eigenvalue weighted by Crippen LogP contribution is -2.71. The zero-order valence-electron chi connectivity index (χ0n) is 20.2. The smallest absolute Gasteiger partial charge is 0.232 e. The van der Waals surface area contributed by atoms with Gasteiger partial charge in [0.15, 0.2) is 0 Å². The van der Waals surface area contributed by atoms with Crippen LogP contribution in [0.4, 0.5) is 11.6 Å². The highest BCUT2D eigenvalue weighted by Crippen LogP contribution is 2.45. The molecule has 36 heavy (non-hydrogen) atoms. The summed E-state index contributed by atoms with van der Waals surface area (Å²) in [5, 5.41) is 20.0. The number of aromatic amines is 1. The molecular formula is C25H25N9OS. The SMILES string of the molecule is Cc1nnc(-c2cnc(N)c3c(Oc4c(C)ccc5[nH]ncc45)nc(N4CC5(CN(C)C5)C4)cc23)s1. The van der Waals surface area contributed by atoms with Crippen molar-refractivity contribution in [3.63, 3.8) is 0 Å². The lowest BCUT2D eigenvalue weighted by atomic mass is 9.73. The number of ether oxygens (including phenoxy) is 1. The van der Waals surface area contributed by atoms with Gasteiger partial charge in [-0.05, 0) is 38.6 Å². The first-order chi connectivity index (χ1) is 17.4. The van der Waals surface area contributed by atoms with Crippen molar-refractivity contribution in [2.24, 2.45) is 5.41 Å². The summed E-state index contributed by atoms with van der Waals surface area (Å²) in [6, 6.07) is 6.09. The molecular weight excluding hydrogens is 474 g/mol. The quantitative estimate of drug-likeness (QED) is 0.380. The number of nitrogens with zero attached hydrogens (tertiary/aromatic N) is 7. The number of fused-ring (bicyclic) bond motifs is 2. The number of likely N-dealkylation sites (tertiary alicyclic amines) is 1. The third-order valence-corrected chi connectivity index (χ3v) is 8.04. The van der Waals surface area contributed by atoms with Crippen molar-refractivity contribution >= 4 is 44.6 Å². The Morgan fingerprint density at radius 1 is 1.08 bits per heavy atom. The lowest BCUT2D eigenvalue weighted by Gasteiger charge is -2.59. The van der Waals surface area contributed by atoms with Crippen LogP contribution >= 0.6 is 11.3 Å². The first-order valence-corrected chi connectivity index (χ1v) is 12.6. The second-order valence-electron chi connectivity index (χ2n) is 10.1. The summed E-state index contributed by atoms with van der Waals surface area (Å²) >= 11 is 1.53. The number of H-pyrrole nitrogens is 1. The molecule has 10 nitrogen and oxygen atoms in total.